The highest BCUT2D eigenvalue weighted by Crippen LogP contribution is 2.23. The summed E-state index contributed by atoms with van der Waals surface area (Å²) in [7, 11) is 0. The van der Waals surface area contributed by atoms with Crippen LogP contribution in [0.4, 0.5) is 4.39 Å². The van der Waals surface area contributed by atoms with Crippen molar-refractivity contribution in [2.75, 3.05) is 0 Å². The van der Waals surface area contributed by atoms with Crippen LogP contribution in [0.15, 0.2) is 36.7 Å². The molecule has 0 aliphatic rings. The molecule has 0 spiro atoms. The van der Waals surface area contributed by atoms with E-state index in [2.05, 4.69) is 5.10 Å². The van der Waals surface area contributed by atoms with Crippen molar-refractivity contribution in [3.05, 3.63) is 53.6 Å². The highest BCUT2D eigenvalue weighted by atomic mass is 19.1. The monoisotopic (exact) mass is 262 g/mol. The Labute approximate surface area is 110 Å². The van der Waals surface area contributed by atoms with Gasteiger partial charge in [0.05, 0.1) is 17.8 Å². The summed E-state index contributed by atoms with van der Waals surface area (Å²) in [6.45, 7) is 1.75. The van der Waals surface area contributed by atoms with Gasteiger partial charge in [0.15, 0.2) is 0 Å². The van der Waals surface area contributed by atoms with Crippen LogP contribution in [-0.2, 0) is 0 Å². The molecular formula is C13H15FN4O. The fourth-order valence-corrected chi connectivity index (χ4v) is 2.00. The van der Waals surface area contributed by atoms with Crippen LogP contribution >= 0.6 is 0 Å². The molecule has 2 unspecified atom stereocenters. The number of hydrogen-bond acceptors (Lipinski definition) is 3. The predicted molar refractivity (Wildman–Crippen MR) is 68.9 cm³/mol. The zero-order valence-corrected chi connectivity index (χ0v) is 10.5. The molecule has 1 amide bonds. The lowest BCUT2D eigenvalue weighted by atomic mass is 10.0. The summed E-state index contributed by atoms with van der Waals surface area (Å²) in [6, 6.07) is 5.48. The molecule has 1 heterocycles. The molecule has 2 rings (SSSR count). The SMILES string of the molecule is CC(N)C(c1ccccc1F)n1cc(C(N)=O)cn1. The van der Waals surface area contributed by atoms with Crippen LogP contribution < -0.4 is 11.5 Å². The Kier molecular flexibility index (Phi) is 3.62. The first-order chi connectivity index (χ1) is 9.00. The summed E-state index contributed by atoms with van der Waals surface area (Å²) in [5.41, 5.74) is 11.8. The summed E-state index contributed by atoms with van der Waals surface area (Å²) in [4.78, 5) is 11.1. The van der Waals surface area contributed by atoms with Gasteiger partial charge in [-0.3, -0.25) is 9.48 Å². The van der Waals surface area contributed by atoms with Gasteiger partial charge in [0.1, 0.15) is 5.82 Å². The number of amides is 1. The third-order valence-electron chi connectivity index (χ3n) is 2.89. The molecule has 100 valence electrons. The highest BCUT2D eigenvalue weighted by Gasteiger charge is 2.22. The van der Waals surface area contributed by atoms with Gasteiger partial charge >= 0.3 is 0 Å². The van der Waals surface area contributed by atoms with E-state index in [0.29, 0.717) is 5.56 Å². The number of rotatable bonds is 4. The summed E-state index contributed by atoms with van der Waals surface area (Å²) >= 11 is 0. The quantitative estimate of drug-likeness (QED) is 0.863. The molecule has 0 bridgehead atoms. The van der Waals surface area contributed by atoms with E-state index in [1.54, 1.807) is 25.1 Å². The van der Waals surface area contributed by atoms with Crippen molar-refractivity contribution in [3.8, 4) is 0 Å². The van der Waals surface area contributed by atoms with E-state index in [1.807, 2.05) is 0 Å². The van der Waals surface area contributed by atoms with Crippen molar-refractivity contribution < 1.29 is 9.18 Å². The topological polar surface area (TPSA) is 86.9 Å². The maximum absolute atomic E-state index is 13.9. The Morgan fingerprint density at radius 3 is 2.63 bits per heavy atom. The van der Waals surface area contributed by atoms with Crippen molar-refractivity contribution in [1.82, 2.24) is 9.78 Å². The average molecular weight is 262 g/mol. The van der Waals surface area contributed by atoms with Gasteiger partial charge in [-0.1, -0.05) is 18.2 Å². The number of carbonyl (C=O) groups excluding carboxylic acids is 1. The lowest BCUT2D eigenvalue weighted by Crippen LogP contribution is -2.31. The summed E-state index contributed by atoms with van der Waals surface area (Å²) < 4.78 is 15.3. The maximum atomic E-state index is 13.9. The van der Waals surface area contributed by atoms with E-state index in [9.17, 15) is 9.18 Å². The normalized spacial score (nSPS) is 14.1. The van der Waals surface area contributed by atoms with Crippen LogP contribution in [-0.4, -0.2) is 21.7 Å². The Hall–Kier alpha value is -2.21. The molecule has 0 aliphatic heterocycles. The number of primary amides is 1. The van der Waals surface area contributed by atoms with E-state index >= 15 is 0 Å². The van der Waals surface area contributed by atoms with Crippen molar-refractivity contribution in [2.45, 2.75) is 19.0 Å². The van der Waals surface area contributed by atoms with E-state index in [-0.39, 0.29) is 17.4 Å². The molecule has 4 N–H and O–H groups in total. The Morgan fingerprint density at radius 2 is 2.11 bits per heavy atom. The van der Waals surface area contributed by atoms with Gasteiger partial charge in [-0.15, -0.1) is 0 Å². The molecule has 6 heteroatoms. The minimum absolute atomic E-state index is 0.266. The molecule has 19 heavy (non-hydrogen) atoms. The number of nitrogens with zero attached hydrogens (tertiary/aromatic N) is 2. The van der Waals surface area contributed by atoms with Crippen LogP contribution in [0.25, 0.3) is 0 Å². The summed E-state index contributed by atoms with van der Waals surface area (Å²) in [6.07, 6.45) is 2.82. The van der Waals surface area contributed by atoms with Gasteiger partial charge in [-0.25, -0.2) is 4.39 Å². The number of aromatic nitrogens is 2. The Bertz CT molecular complexity index is 594. The molecule has 2 aromatic rings. The molecule has 0 saturated carbocycles. The fourth-order valence-electron chi connectivity index (χ4n) is 2.00. The highest BCUT2D eigenvalue weighted by molar-refractivity contribution is 5.92. The molecule has 5 nitrogen and oxygen atoms in total. The van der Waals surface area contributed by atoms with Crippen molar-refractivity contribution in [2.24, 2.45) is 11.5 Å². The van der Waals surface area contributed by atoms with Gasteiger partial charge in [0, 0.05) is 17.8 Å². The van der Waals surface area contributed by atoms with E-state index in [1.165, 1.54) is 23.1 Å². The second-order valence-electron chi connectivity index (χ2n) is 4.40. The van der Waals surface area contributed by atoms with Gasteiger partial charge in [0.25, 0.3) is 5.91 Å². The van der Waals surface area contributed by atoms with Crippen molar-refractivity contribution in [3.63, 3.8) is 0 Å². The lowest BCUT2D eigenvalue weighted by molar-refractivity contribution is 0.1000. The van der Waals surface area contributed by atoms with Crippen molar-refractivity contribution in [1.29, 1.82) is 0 Å². The van der Waals surface area contributed by atoms with Crippen LogP contribution in [0.1, 0.15) is 28.9 Å². The largest absolute Gasteiger partial charge is 0.366 e. The number of halogens is 1. The van der Waals surface area contributed by atoms with E-state index < -0.39 is 11.9 Å². The molecule has 2 atom stereocenters. The number of hydrogen-bond donors (Lipinski definition) is 2. The average Bonchev–Trinajstić information content (AvgIpc) is 2.81. The van der Waals surface area contributed by atoms with E-state index in [0.717, 1.165) is 0 Å². The molecule has 1 aromatic heterocycles. The van der Waals surface area contributed by atoms with Gasteiger partial charge < -0.3 is 11.5 Å². The number of nitrogens with two attached hydrogens (primary N) is 2. The molecule has 0 fully saturated rings. The molecule has 1 aromatic carbocycles. The summed E-state index contributed by atoms with van der Waals surface area (Å²) in [5.74, 6) is -0.941. The Balaban J connectivity index is 2.46. The van der Waals surface area contributed by atoms with E-state index in [4.69, 9.17) is 11.5 Å². The third kappa shape index (κ3) is 2.63. The van der Waals surface area contributed by atoms with Crippen molar-refractivity contribution >= 4 is 5.91 Å². The smallest absolute Gasteiger partial charge is 0.251 e. The fraction of sp³-hybridized carbons (Fsp3) is 0.231. The van der Waals surface area contributed by atoms with Gasteiger partial charge in [-0.05, 0) is 13.0 Å². The van der Waals surface area contributed by atoms with Crippen LogP contribution in [0.2, 0.25) is 0 Å². The van der Waals surface area contributed by atoms with Gasteiger partial charge in [0.2, 0.25) is 0 Å². The van der Waals surface area contributed by atoms with Crippen LogP contribution in [0.3, 0.4) is 0 Å². The summed E-state index contributed by atoms with van der Waals surface area (Å²) in [5, 5.41) is 4.05. The second-order valence-corrected chi connectivity index (χ2v) is 4.40. The third-order valence-corrected chi connectivity index (χ3v) is 2.89. The standard InChI is InChI=1S/C13H15FN4O/c1-8(15)12(10-4-2-3-5-11(10)14)18-7-9(6-17-18)13(16)19/h2-8,12H,15H2,1H3,(H2,16,19). The number of carbonyl (C=O) groups is 1. The zero-order chi connectivity index (χ0) is 14.0. The minimum atomic E-state index is -0.580. The van der Waals surface area contributed by atoms with Gasteiger partial charge in [-0.2, -0.15) is 5.10 Å². The first-order valence-corrected chi connectivity index (χ1v) is 5.84. The molecule has 0 saturated heterocycles. The second kappa shape index (κ2) is 5.19. The van der Waals surface area contributed by atoms with Crippen LogP contribution in [0.5, 0.6) is 0 Å². The predicted octanol–water partition coefficient (Wildman–Crippen LogP) is 1.06. The minimum Gasteiger partial charge on any atom is -0.366 e. The maximum Gasteiger partial charge on any atom is 0.251 e. The van der Waals surface area contributed by atoms with Crippen LogP contribution in [0, 0.1) is 5.82 Å². The molecular weight excluding hydrogens is 247 g/mol. The lowest BCUT2D eigenvalue weighted by Gasteiger charge is -2.22. The first kappa shape index (κ1) is 13.2. The Morgan fingerprint density at radius 1 is 1.42 bits per heavy atom. The molecule has 0 aliphatic carbocycles. The number of benzene rings is 1. The first-order valence-electron chi connectivity index (χ1n) is 5.84. The molecule has 0 radical (unpaired) electrons. The zero-order valence-electron chi connectivity index (χ0n) is 10.5.